The molecule has 2 nitrogen and oxygen atoms in total. The third-order valence-corrected chi connectivity index (χ3v) is 4.69. The molecule has 0 heterocycles. The molecule has 1 aromatic rings. The second-order valence-electron chi connectivity index (χ2n) is 6.88. The first-order chi connectivity index (χ1) is 9.65. The summed E-state index contributed by atoms with van der Waals surface area (Å²) in [5.41, 5.74) is 2.01. The maximum Gasteiger partial charge on any atom is 0.236 e. The van der Waals surface area contributed by atoms with Crippen LogP contribution in [-0.4, -0.2) is 22.9 Å². The fourth-order valence-corrected chi connectivity index (χ4v) is 2.95. The van der Waals surface area contributed by atoms with Crippen LogP contribution in [0.25, 0.3) is 0 Å². The summed E-state index contributed by atoms with van der Waals surface area (Å²) in [4.78, 5) is 0. The Hall–Kier alpha value is -0.353. The van der Waals surface area contributed by atoms with Gasteiger partial charge in [0.15, 0.2) is 0 Å². The van der Waals surface area contributed by atoms with Gasteiger partial charge in [-0.25, -0.2) is 0 Å². The van der Waals surface area contributed by atoms with Crippen LogP contribution in [-0.2, 0) is 16.4 Å². The van der Waals surface area contributed by atoms with Crippen molar-refractivity contribution in [2.75, 3.05) is 13.1 Å². The van der Waals surface area contributed by atoms with Crippen LogP contribution in [0.5, 0.6) is 0 Å². The molecule has 0 aromatic heterocycles. The Morgan fingerprint density at radius 1 is 1.19 bits per heavy atom. The number of benzene rings is 1. The quantitative estimate of drug-likeness (QED) is 0.585. The van der Waals surface area contributed by atoms with E-state index in [1.54, 1.807) is 0 Å². The van der Waals surface area contributed by atoms with Crippen molar-refractivity contribution in [1.82, 2.24) is 5.32 Å². The number of nitrogens with one attached hydrogen (secondary N) is 1. The van der Waals surface area contributed by atoms with Crippen molar-refractivity contribution < 1.29 is 4.43 Å². The summed E-state index contributed by atoms with van der Waals surface area (Å²) in [5.74, 6) is 0. The average Bonchev–Trinajstić information content (AvgIpc) is 2.38. The second kappa shape index (κ2) is 7.77. The van der Waals surface area contributed by atoms with Crippen molar-refractivity contribution in [3.8, 4) is 0 Å². The SMILES string of the molecule is CCNCCc1ccc(Cl)c(C(C)(C)O[Si]C(C)(C)C)c1. The first kappa shape index (κ1) is 18.7. The largest absolute Gasteiger partial charge is 0.408 e. The van der Waals surface area contributed by atoms with E-state index in [0.717, 1.165) is 30.1 Å². The van der Waals surface area contributed by atoms with E-state index in [9.17, 15) is 0 Å². The average molecular weight is 326 g/mol. The molecule has 0 atom stereocenters. The fraction of sp³-hybridized carbons (Fsp3) is 0.647. The van der Waals surface area contributed by atoms with Crippen LogP contribution in [0.15, 0.2) is 18.2 Å². The van der Waals surface area contributed by atoms with Crippen LogP contribution < -0.4 is 5.32 Å². The van der Waals surface area contributed by atoms with Gasteiger partial charge in [0.25, 0.3) is 0 Å². The van der Waals surface area contributed by atoms with E-state index in [-0.39, 0.29) is 10.6 Å². The van der Waals surface area contributed by atoms with Crippen LogP contribution in [0.1, 0.15) is 52.7 Å². The van der Waals surface area contributed by atoms with Crippen molar-refractivity contribution in [3.05, 3.63) is 34.3 Å². The van der Waals surface area contributed by atoms with E-state index in [4.69, 9.17) is 16.0 Å². The van der Waals surface area contributed by atoms with E-state index >= 15 is 0 Å². The molecule has 0 fully saturated rings. The van der Waals surface area contributed by atoms with Gasteiger partial charge >= 0.3 is 0 Å². The van der Waals surface area contributed by atoms with Gasteiger partial charge < -0.3 is 9.74 Å². The molecule has 0 aliphatic carbocycles. The highest BCUT2D eigenvalue weighted by Crippen LogP contribution is 2.34. The van der Waals surface area contributed by atoms with Gasteiger partial charge in [0.1, 0.15) is 0 Å². The number of rotatable bonds is 7. The van der Waals surface area contributed by atoms with Crippen molar-refractivity contribution in [2.45, 2.75) is 58.6 Å². The molecule has 1 aromatic carbocycles. The molecular weight excluding hydrogens is 298 g/mol. The Kier molecular flexibility index (Phi) is 6.92. The molecule has 0 saturated heterocycles. The first-order valence-electron chi connectivity index (χ1n) is 7.60. The minimum absolute atomic E-state index is 0.173. The van der Waals surface area contributed by atoms with E-state index in [1.807, 2.05) is 6.07 Å². The lowest BCUT2D eigenvalue weighted by atomic mass is 9.95. The number of halogens is 1. The van der Waals surface area contributed by atoms with Gasteiger partial charge in [0, 0.05) is 10.6 Å². The third kappa shape index (κ3) is 6.51. The molecule has 1 rings (SSSR count). The van der Waals surface area contributed by atoms with Crippen molar-refractivity contribution in [1.29, 1.82) is 0 Å². The summed E-state index contributed by atoms with van der Waals surface area (Å²) < 4.78 is 6.17. The van der Waals surface area contributed by atoms with Gasteiger partial charge in [0.2, 0.25) is 9.76 Å². The van der Waals surface area contributed by atoms with Crippen molar-refractivity contribution in [2.24, 2.45) is 0 Å². The Labute approximate surface area is 137 Å². The normalized spacial score (nSPS) is 12.7. The lowest BCUT2D eigenvalue weighted by Crippen LogP contribution is -2.28. The molecule has 1 N–H and O–H groups in total. The summed E-state index contributed by atoms with van der Waals surface area (Å²) in [7, 11) is 0.442. The number of hydrogen-bond donors (Lipinski definition) is 1. The summed E-state index contributed by atoms with van der Waals surface area (Å²) in [6, 6.07) is 6.28. The Morgan fingerprint density at radius 2 is 1.86 bits per heavy atom. The molecule has 0 aliphatic heterocycles. The van der Waals surface area contributed by atoms with Crippen molar-refractivity contribution in [3.63, 3.8) is 0 Å². The van der Waals surface area contributed by atoms with Gasteiger partial charge in [-0.05, 0) is 50.0 Å². The molecule has 0 amide bonds. The maximum absolute atomic E-state index is 6.40. The lowest BCUT2D eigenvalue weighted by molar-refractivity contribution is 0.109. The molecule has 0 aliphatic rings. The Morgan fingerprint density at radius 3 is 2.43 bits per heavy atom. The van der Waals surface area contributed by atoms with Gasteiger partial charge in [-0.2, -0.15) is 0 Å². The summed E-state index contributed by atoms with van der Waals surface area (Å²) in [6.07, 6.45) is 1.01. The molecule has 4 heteroatoms. The first-order valence-corrected chi connectivity index (χ1v) is 8.89. The molecule has 0 bridgehead atoms. The Bertz CT molecular complexity index is 455. The zero-order valence-corrected chi connectivity index (χ0v) is 15.9. The van der Waals surface area contributed by atoms with E-state index in [1.165, 1.54) is 5.56 Å². The fourth-order valence-electron chi connectivity index (χ4n) is 1.93. The van der Waals surface area contributed by atoms with Crippen molar-refractivity contribution >= 4 is 21.4 Å². The smallest absolute Gasteiger partial charge is 0.236 e. The third-order valence-electron chi connectivity index (χ3n) is 3.13. The Balaban J connectivity index is 2.86. The van der Waals surface area contributed by atoms with Gasteiger partial charge in [-0.3, -0.25) is 0 Å². The predicted octanol–water partition coefficient (Wildman–Crippen LogP) is 4.58. The molecule has 0 saturated carbocycles. The molecule has 21 heavy (non-hydrogen) atoms. The van der Waals surface area contributed by atoms with E-state index in [0.29, 0.717) is 9.76 Å². The molecule has 0 unspecified atom stereocenters. The van der Waals surface area contributed by atoms with Crippen LogP contribution in [0, 0.1) is 0 Å². The van der Waals surface area contributed by atoms with Crippen LogP contribution >= 0.6 is 11.6 Å². The topological polar surface area (TPSA) is 21.3 Å². The minimum atomic E-state index is -0.364. The number of hydrogen-bond acceptors (Lipinski definition) is 2. The minimum Gasteiger partial charge on any atom is -0.408 e. The van der Waals surface area contributed by atoms with Gasteiger partial charge in [-0.15, -0.1) is 0 Å². The van der Waals surface area contributed by atoms with Gasteiger partial charge in [-0.1, -0.05) is 51.4 Å². The highest BCUT2D eigenvalue weighted by molar-refractivity contribution is 6.32. The highest BCUT2D eigenvalue weighted by atomic mass is 35.5. The number of likely N-dealkylation sites (N-methyl/N-ethyl adjacent to an activating group) is 1. The molecule has 118 valence electrons. The van der Waals surface area contributed by atoms with Crippen LogP contribution in [0.2, 0.25) is 10.1 Å². The second-order valence-corrected chi connectivity index (χ2v) is 9.20. The van der Waals surface area contributed by atoms with E-state index < -0.39 is 0 Å². The molecule has 0 spiro atoms. The zero-order valence-electron chi connectivity index (χ0n) is 14.1. The monoisotopic (exact) mass is 325 g/mol. The maximum atomic E-state index is 6.40. The summed E-state index contributed by atoms with van der Waals surface area (Å²) in [5, 5.41) is 4.31. The van der Waals surface area contributed by atoms with Crippen LogP contribution in [0.4, 0.5) is 0 Å². The van der Waals surface area contributed by atoms with E-state index in [2.05, 4.69) is 59.0 Å². The molecule has 2 radical (unpaired) electrons. The highest BCUT2D eigenvalue weighted by Gasteiger charge is 2.27. The summed E-state index contributed by atoms with van der Waals surface area (Å²) in [6.45, 7) is 14.9. The summed E-state index contributed by atoms with van der Waals surface area (Å²) >= 11 is 6.40. The molecular formula is C17H28ClNOSi. The predicted molar refractivity (Wildman–Crippen MR) is 93.3 cm³/mol. The zero-order chi connectivity index (χ0) is 16.1. The van der Waals surface area contributed by atoms with Crippen LogP contribution in [0.3, 0.4) is 0 Å². The van der Waals surface area contributed by atoms with Gasteiger partial charge in [0.05, 0.1) is 5.60 Å². The standard InChI is InChI=1S/C17H28ClNOSi/c1-7-19-11-10-13-8-9-15(18)14(12-13)17(5,6)20-21-16(2,3)4/h8-9,12,19H,7,10-11H2,1-6H3. The lowest BCUT2D eigenvalue weighted by Gasteiger charge is -2.30.